The summed E-state index contributed by atoms with van der Waals surface area (Å²) in [6.07, 6.45) is 1.58. The highest BCUT2D eigenvalue weighted by Gasteiger charge is 2.22. The van der Waals surface area contributed by atoms with E-state index < -0.39 is 5.97 Å². The van der Waals surface area contributed by atoms with Gasteiger partial charge in [-0.3, -0.25) is 4.79 Å². The van der Waals surface area contributed by atoms with Gasteiger partial charge >= 0.3 is 5.97 Å². The van der Waals surface area contributed by atoms with E-state index in [0.29, 0.717) is 16.3 Å². The zero-order valence-electron chi connectivity index (χ0n) is 11.2. The second-order valence-corrected chi connectivity index (χ2v) is 5.13. The molecule has 0 atom stereocenters. The number of ether oxygens (including phenoxy) is 1. The first-order chi connectivity index (χ1) is 9.61. The number of carbonyl (C=O) groups is 2. The Kier molecular flexibility index (Phi) is 4.98. The average Bonchev–Trinajstić information content (AvgIpc) is 2.47. The van der Waals surface area contributed by atoms with Gasteiger partial charge < -0.3 is 15.4 Å². The fraction of sp³-hybridized carbons (Fsp3) is 0.429. The predicted molar refractivity (Wildman–Crippen MR) is 77.0 cm³/mol. The first-order valence-electron chi connectivity index (χ1n) is 6.51. The molecule has 1 aromatic rings. The van der Waals surface area contributed by atoms with Crippen molar-refractivity contribution in [2.24, 2.45) is 5.92 Å². The number of methoxy groups -OCH3 is 1. The number of rotatable bonds is 3. The first-order valence-corrected chi connectivity index (χ1v) is 6.89. The highest BCUT2D eigenvalue weighted by molar-refractivity contribution is 6.31. The summed E-state index contributed by atoms with van der Waals surface area (Å²) in [6.45, 7) is 1.66. The molecule has 1 fully saturated rings. The molecule has 5 nitrogen and oxygen atoms in total. The van der Waals surface area contributed by atoms with Crippen LogP contribution in [-0.4, -0.2) is 32.1 Å². The molecule has 1 heterocycles. The van der Waals surface area contributed by atoms with Crippen molar-refractivity contribution >= 4 is 29.2 Å². The van der Waals surface area contributed by atoms with Gasteiger partial charge in [-0.2, -0.15) is 0 Å². The Hall–Kier alpha value is -1.59. The number of halogens is 1. The summed E-state index contributed by atoms with van der Waals surface area (Å²) < 4.78 is 4.70. The molecule has 0 spiro atoms. The van der Waals surface area contributed by atoms with E-state index in [4.69, 9.17) is 16.3 Å². The maximum atomic E-state index is 12.2. The van der Waals surface area contributed by atoms with E-state index in [0.717, 1.165) is 25.9 Å². The number of esters is 1. The molecule has 0 saturated carbocycles. The number of hydrogen-bond donors (Lipinski definition) is 2. The molecule has 0 aliphatic carbocycles. The van der Waals surface area contributed by atoms with E-state index in [-0.39, 0.29) is 11.8 Å². The van der Waals surface area contributed by atoms with E-state index in [1.165, 1.54) is 7.11 Å². The maximum Gasteiger partial charge on any atom is 0.339 e. The van der Waals surface area contributed by atoms with Gasteiger partial charge in [-0.05, 0) is 44.1 Å². The van der Waals surface area contributed by atoms with Gasteiger partial charge in [0, 0.05) is 10.9 Å². The SMILES string of the molecule is COC(=O)c1ccc(Cl)cc1NC(=O)C1CCNCC1. The molecule has 0 radical (unpaired) electrons. The summed E-state index contributed by atoms with van der Waals surface area (Å²) in [7, 11) is 1.30. The summed E-state index contributed by atoms with van der Waals surface area (Å²) in [5.41, 5.74) is 0.701. The van der Waals surface area contributed by atoms with Gasteiger partial charge in [0.2, 0.25) is 5.91 Å². The number of anilines is 1. The van der Waals surface area contributed by atoms with Crippen LogP contribution in [0.1, 0.15) is 23.2 Å². The minimum absolute atomic E-state index is 0.0410. The molecule has 108 valence electrons. The topological polar surface area (TPSA) is 67.4 Å². The van der Waals surface area contributed by atoms with Gasteiger partial charge in [0.05, 0.1) is 18.4 Å². The van der Waals surface area contributed by atoms with E-state index in [1.54, 1.807) is 18.2 Å². The fourth-order valence-electron chi connectivity index (χ4n) is 2.23. The molecule has 0 aromatic heterocycles. The standard InChI is InChI=1S/C14H17ClN2O3/c1-20-14(19)11-3-2-10(15)8-12(11)17-13(18)9-4-6-16-7-5-9/h2-3,8-9,16H,4-7H2,1H3,(H,17,18). The van der Waals surface area contributed by atoms with Crippen LogP contribution in [0.3, 0.4) is 0 Å². The minimum Gasteiger partial charge on any atom is -0.465 e. The Balaban J connectivity index is 2.16. The Labute approximate surface area is 122 Å². The van der Waals surface area contributed by atoms with Crippen molar-refractivity contribution in [3.8, 4) is 0 Å². The number of carbonyl (C=O) groups excluding carboxylic acids is 2. The highest BCUT2D eigenvalue weighted by atomic mass is 35.5. The Morgan fingerprint density at radius 3 is 2.70 bits per heavy atom. The Morgan fingerprint density at radius 2 is 2.05 bits per heavy atom. The van der Waals surface area contributed by atoms with Gasteiger partial charge in [-0.15, -0.1) is 0 Å². The molecule has 1 amide bonds. The van der Waals surface area contributed by atoms with Crippen molar-refractivity contribution in [2.75, 3.05) is 25.5 Å². The lowest BCUT2D eigenvalue weighted by atomic mass is 9.97. The first kappa shape index (κ1) is 14.8. The molecular weight excluding hydrogens is 280 g/mol. The van der Waals surface area contributed by atoms with Crippen LogP contribution in [0.25, 0.3) is 0 Å². The van der Waals surface area contributed by atoms with Crippen LogP contribution in [0.4, 0.5) is 5.69 Å². The number of benzene rings is 1. The monoisotopic (exact) mass is 296 g/mol. The van der Waals surface area contributed by atoms with Crippen LogP contribution >= 0.6 is 11.6 Å². The third-order valence-corrected chi connectivity index (χ3v) is 3.59. The number of amides is 1. The molecule has 6 heteroatoms. The zero-order chi connectivity index (χ0) is 14.5. The van der Waals surface area contributed by atoms with Crippen molar-refractivity contribution in [2.45, 2.75) is 12.8 Å². The van der Waals surface area contributed by atoms with Crippen molar-refractivity contribution in [1.82, 2.24) is 5.32 Å². The molecule has 1 aliphatic rings. The lowest BCUT2D eigenvalue weighted by Crippen LogP contribution is -2.34. The van der Waals surface area contributed by atoms with Crippen LogP contribution in [-0.2, 0) is 9.53 Å². The second-order valence-electron chi connectivity index (χ2n) is 4.70. The third kappa shape index (κ3) is 3.49. The van der Waals surface area contributed by atoms with Gasteiger partial charge in [-0.25, -0.2) is 4.79 Å². The number of piperidine rings is 1. The molecule has 0 bridgehead atoms. The maximum absolute atomic E-state index is 12.2. The molecule has 0 unspecified atom stereocenters. The lowest BCUT2D eigenvalue weighted by molar-refractivity contribution is -0.120. The smallest absolute Gasteiger partial charge is 0.339 e. The van der Waals surface area contributed by atoms with E-state index >= 15 is 0 Å². The van der Waals surface area contributed by atoms with E-state index in [2.05, 4.69) is 10.6 Å². The largest absolute Gasteiger partial charge is 0.465 e. The highest BCUT2D eigenvalue weighted by Crippen LogP contribution is 2.23. The molecule has 1 aliphatic heterocycles. The van der Waals surface area contributed by atoms with Gasteiger partial charge in [-0.1, -0.05) is 11.6 Å². The second kappa shape index (κ2) is 6.72. The number of hydrogen-bond acceptors (Lipinski definition) is 4. The van der Waals surface area contributed by atoms with Crippen molar-refractivity contribution < 1.29 is 14.3 Å². The van der Waals surface area contributed by atoms with Crippen LogP contribution < -0.4 is 10.6 Å². The van der Waals surface area contributed by atoms with Crippen LogP contribution in [0.15, 0.2) is 18.2 Å². The van der Waals surface area contributed by atoms with Crippen molar-refractivity contribution in [3.63, 3.8) is 0 Å². The quantitative estimate of drug-likeness (QED) is 0.838. The summed E-state index contributed by atoms with van der Waals surface area (Å²) in [5.74, 6) is -0.623. The molecule has 1 saturated heterocycles. The van der Waals surface area contributed by atoms with Gasteiger partial charge in [0.1, 0.15) is 0 Å². The average molecular weight is 297 g/mol. The molecule has 20 heavy (non-hydrogen) atoms. The normalized spacial score (nSPS) is 15.7. The minimum atomic E-state index is -0.498. The van der Waals surface area contributed by atoms with Gasteiger partial charge in [0.15, 0.2) is 0 Å². The molecule has 1 aromatic carbocycles. The predicted octanol–water partition coefficient (Wildman–Crippen LogP) is 2.06. The van der Waals surface area contributed by atoms with Crippen LogP contribution in [0, 0.1) is 5.92 Å². The Morgan fingerprint density at radius 1 is 1.35 bits per heavy atom. The zero-order valence-corrected chi connectivity index (χ0v) is 12.0. The fourth-order valence-corrected chi connectivity index (χ4v) is 2.40. The number of nitrogens with one attached hydrogen (secondary N) is 2. The van der Waals surface area contributed by atoms with Crippen molar-refractivity contribution in [3.05, 3.63) is 28.8 Å². The molecule has 2 rings (SSSR count). The summed E-state index contributed by atoms with van der Waals surface area (Å²) in [5, 5.41) is 6.45. The summed E-state index contributed by atoms with van der Waals surface area (Å²) in [6, 6.07) is 4.70. The van der Waals surface area contributed by atoms with Crippen LogP contribution in [0.5, 0.6) is 0 Å². The summed E-state index contributed by atoms with van der Waals surface area (Å²) >= 11 is 5.92. The third-order valence-electron chi connectivity index (χ3n) is 3.35. The van der Waals surface area contributed by atoms with Gasteiger partial charge in [0.25, 0.3) is 0 Å². The summed E-state index contributed by atoms with van der Waals surface area (Å²) in [4.78, 5) is 23.9. The van der Waals surface area contributed by atoms with E-state index in [9.17, 15) is 9.59 Å². The molecule has 2 N–H and O–H groups in total. The lowest BCUT2D eigenvalue weighted by Gasteiger charge is -2.22. The molecular formula is C14H17ClN2O3. The van der Waals surface area contributed by atoms with Crippen LogP contribution in [0.2, 0.25) is 5.02 Å². The van der Waals surface area contributed by atoms with E-state index in [1.807, 2.05) is 0 Å². The Bertz CT molecular complexity index is 513. The van der Waals surface area contributed by atoms with Crippen molar-refractivity contribution in [1.29, 1.82) is 0 Å².